The Morgan fingerprint density at radius 1 is 1.20 bits per heavy atom. The van der Waals surface area contributed by atoms with E-state index in [9.17, 15) is 19.7 Å². The number of likely N-dealkylation sites (N-methyl/N-ethyl adjacent to an activating group) is 1. The molecule has 0 aliphatic carbocycles. The monoisotopic (exact) mass is 427 g/mol. The smallest absolute Gasteiger partial charge is 0.269 e. The maximum absolute atomic E-state index is 12.3. The van der Waals surface area contributed by atoms with Gasteiger partial charge in [-0.3, -0.25) is 29.9 Å². The maximum Gasteiger partial charge on any atom is 0.269 e. The zero-order chi connectivity index (χ0) is 21.8. The van der Waals surface area contributed by atoms with Crippen molar-refractivity contribution in [1.29, 1.82) is 0 Å². The third-order valence-electron chi connectivity index (χ3n) is 4.32. The molecule has 1 aliphatic rings. The number of ether oxygens (including phenoxy) is 2. The zero-order valence-corrected chi connectivity index (χ0v) is 16.9. The first-order valence-electron chi connectivity index (χ1n) is 8.69. The number of nitrogens with one attached hydrogen (secondary N) is 1. The minimum absolute atomic E-state index is 0.0232. The van der Waals surface area contributed by atoms with E-state index in [0.29, 0.717) is 22.6 Å². The number of carbonyl (C=O) groups excluding carboxylic acids is 2. The predicted octanol–water partition coefficient (Wildman–Crippen LogP) is 2.44. The van der Waals surface area contributed by atoms with E-state index in [1.54, 1.807) is 30.3 Å². The number of amides is 2. The van der Waals surface area contributed by atoms with Crippen molar-refractivity contribution in [2.75, 3.05) is 14.2 Å². The van der Waals surface area contributed by atoms with Gasteiger partial charge in [-0.1, -0.05) is 18.2 Å². The number of nitrogens with zero attached hydrogens (tertiary/aromatic N) is 2. The van der Waals surface area contributed by atoms with Crippen LogP contribution >= 0.6 is 12.2 Å². The van der Waals surface area contributed by atoms with Crippen LogP contribution in [-0.2, 0) is 16.2 Å². The number of thiocarbonyl (C=S) groups is 1. The molecular formula is C20H17N3O6S. The van der Waals surface area contributed by atoms with Crippen molar-refractivity contribution < 1.29 is 24.0 Å². The Labute approximate surface area is 177 Å². The Kier molecular flexibility index (Phi) is 6.07. The zero-order valence-electron chi connectivity index (χ0n) is 16.1. The Balaban J connectivity index is 1.81. The van der Waals surface area contributed by atoms with Crippen LogP contribution in [0, 0.1) is 10.1 Å². The fourth-order valence-electron chi connectivity index (χ4n) is 2.73. The highest BCUT2D eigenvalue weighted by Crippen LogP contribution is 2.30. The molecule has 0 atom stereocenters. The van der Waals surface area contributed by atoms with Gasteiger partial charge in [-0.2, -0.15) is 0 Å². The summed E-state index contributed by atoms with van der Waals surface area (Å²) in [6.45, 7) is 0.0988. The molecule has 1 aliphatic heterocycles. The van der Waals surface area contributed by atoms with Crippen LogP contribution in [0.2, 0.25) is 0 Å². The summed E-state index contributed by atoms with van der Waals surface area (Å²) < 4.78 is 11.1. The van der Waals surface area contributed by atoms with Crippen LogP contribution in [0.4, 0.5) is 5.69 Å². The molecule has 0 saturated carbocycles. The lowest BCUT2D eigenvalue weighted by Crippen LogP contribution is -2.52. The molecule has 0 bridgehead atoms. The van der Waals surface area contributed by atoms with Crippen LogP contribution in [0.3, 0.4) is 0 Å². The molecule has 0 unspecified atom stereocenters. The second-order valence-electron chi connectivity index (χ2n) is 6.31. The SMILES string of the molecule is COc1cc(/C=C2\C(=O)NC(=S)N(C)C2=O)ccc1OCc1cccc([N+](=O)[O-])c1. The van der Waals surface area contributed by atoms with Crippen molar-refractivity contribution in [2.45, 2.75) is 6.61 Å². The largest absolute Gasteiger partial charge is 0.493 e. The van der Waals surface area contributed by atoms with Crippen LogP contribution in [0.25, 0.3) is 6.08 Å². The van der Waals surface area contributed by atoms with Gasteiger partial charge in [-0.25, -0.2) is 0 Å². The average Bonchev–Trinajstić information content (AvgIpc) is 2.74. The number of benzene rings is 2. The number of nitro groups is 1. The van der Waals surface area contributed by atoms with E-state index in [0.717, 1.165) is 0 Å². The molecule has 2 aromatic rings. The van der Waals surface area contributed by atoms with Gasteiger partial charge in [0.25, 0.3) is 17.5 Å². The molecule has 1 saturated heterocycles. The number of carbonyl (C=O) groups is 2. The Morgan fingerprint density at radius 3 is 2.67 bits per heavy atom. The normalized spacial score (nSPS) is 15.2. The molecule has 0 radical (unpaired) electrons. The van der Waals surface area contributed by atoms with Gasteiger partial charge in [0.05, 0.1) is 12.0 Å². The molecular weight excluding hydrogens is 410 g/mol. The van der Waals surface area contributed by atoms with Crippen molar-refractivity contribution in [2.24, 2.45) is 0 Å². The third kappa shape index (κ3) is 4.44. The highest BCUT2D eigenvalue weighted by molar-refractivity contribution is 7.80. The summed E-state index contributed by atoms with van der Waals surface area (Å²) in [4.78, 5) is 36.0. The molecule has 154 valence electrons. The number of nitro benzene ring substituents is 1. The Morgan fingerprint density at radius 2 is 1.97 bits per heavy atom. The molecule has 1 fully saturated rings. The number of methoxy groups -OCH3 is 1. The molecule has 30 heavy (non-hydrogen) atoms. The summed E-state index contributed by atoms with van der Waals surface area (Å²) in [5.41, 5.74) is 1.10. The fraction of sp³-hybridized carbons (Fsp3) is 0.150. The van der Waals surface area contributed by atoms with Crippen molar-refractivity contribution in [1.82, 2.24) is 10.2 Å². The van der Waals surface area contributed by atoms with Gasteiger partial charge in [0.15, 0.2) is 16.6 Å². The summed E-state index contributed by atoms with van der Waals surface area (Å²) in [5.74, 6) is -0.298. The van der Waals surface area contributed by atoms with E-state index in [4.69, 9.17) is 21.7 Å². The lowest BCUT2D eigenvalue weighted by Gasteiger charge is -2.25. The van der Waals surface area contributed by atoms with E-state index in [2.05, 4.69) is 5.32 Å². The van der Waals surface area contributed by atoms with E-state index in [-0.39, 0.29) is 23.0 Å². The summed E-state index contributed by atoms with van der Waals surface area (Å²) in [6.07, 6.45) is 1.43. The van der Waals surface area contributed by atoms with Gasteiger partial charge in [0.1, 0.15) is 12.2 Å². The molecule has 0 spiro atoms. The fourth-order valence-corrected chi connectivity index (χ4v) is 2.90. The summed E-state index contributed by atoms with van der Waals surface area (Å²) in [7, 11) is 2.93. The molecule has 2 aromatic carbocycles. The summed E-state index contributed by atoms with van der Waals surface area (Å²) >= 11 is 4.92. The second kappa shape index (κ2) is 8.70. The molecule has 0 aromatic heterocycles. The lowest BCUT2D eigenvalue weighted by molar-refractivity contribution is -0.384. The van der Waals surface area contributed by atoms with Gasteiger partial charge in [-0.15, -0.1) is 0 Å². The number of non-ortho nitro benzene ring substituents is 1. The van der Waals surface area contributed by atoms with Crippen LogP contribution in [0.1, 0.15) is 11.1 Å². The number of hydrogen-bond donors (Lipinski definition) is 1. The highest BCUT2D eigenvalue weighted by Gasteiger charge is 2.30. The van der Waals surface area contributed by atoms with Gasteiger partial charge in [0, 0.05) is 19.2 Å². The quantitative estimate of drug-likeness (QED) is 0.248. The first-order chi connectivity index (χ1) is 14.3. The van der Waals surface area contributed by atoms with Crippen LogP contribution in [0.15, 0.2) is 48.0 Å². The topological polar surface area (TPSA) is 111 Å². The van der Waals surface area contributed by atoms with E-state index < -0.39 is 16.7 Å². The first kappa shape index (κ1) is 20.9. The number of hydrogen-bond acceptors (Lipinski definition) is 7. The molecule has 1 heterocycles. The van der Waals surface area contributed by atoms with Crippen molar-refractivity contribution in [3.63, 3.8) is 0 Å². The third-order valence-corrected chi connectivity index (χ3v) is 4.70. The van der Waals surface area contributed by atoms with Crippen LogP contribution in [0.5, 0.6) is 11.5 Å². The second-order valence-corrected chi connectivity index (χ2v) is 6.69. The van der Waals surface area contributed by atoms with Crippen molar-refractivity contribution in [3.8, 4) is 11.5 Å². The highest BCUT2D eigenvalue weighted by atomic mass is 32.1. The van der Waals surface area contributed by atoms with Crippen LogP contribution in [-0.4, -0.2) is 40.9 Å². The Hall–Kier alpha value is -3.79. The van der Waals surface area contributed by atoms with Gasteiger partial charge < -0.3 is 9.47 Å². The maximum atomic E-state index is 12.3. The number of rotatable bonds is 6. The Bertz CT molecular complexity index is 1080. The van der Waals surface area contributed by atoms with Crippen molar-refractivity contribution >= 4 is 40.9 Å². The lowest BCUT2D eigenvalue weighted by atomic mass is 10.1. The van der Waals surface area contributed by atoms with Gasteiger partial charge in [-0.05, 0) is 41.6 Å². The van der Waals surface area contributed by atoms with Crippen molar-refractivity contribution in [3.05, 3.63) is 69.3 Å². The standard InChI is InChI=1S/C20H17N3O6S/c1-22-19(25)15(18(24)21-20(22)30)9-12-6-7-16(17(10-12)28-2)29-11-13-4-3-5-14(8-13)23(26)27/h3-10H,11H2,1-2H3,(H,21,24,30)/b15-9+. The minimum atomic E-state index is -0.576. The van der Waals surface area contributed by atoms with E-state index in [1.165, 1.54) is 37.3 Å². The van der Waals surface area contributed by atoms with E-state index >= 15 is 0 Å². The predicted molar refractivity (Wildman–Crippen MR) is 112 cm³/mol. The van der Waals surface area contributed by atoms with Crippen LogP contribution < -0.4 is 14.8 Å². The molecule has 9 nitrogen and oxygen atoms in total. The average molecular weight is 427 g/mol. The summed E-state index contributed by atoms with van der Waals surface area (Å²) in [5, 5.41) is 13.4. The van der Waals surface area contributed by atoms with Gasteiger partial charge >= 0.3 is 0 Å². The molecule has 10 heteroatoms. The first-order valence-corrected chi connectivity index (χ1v) is 9.10. The minimum Gasteiger partial charge on any atom is -0.493 e. The summed E-state index contributed by atoms with van der Waals surface area (Å²) in [6, 6.07) is 11.0. The molecule has 2 amide bonds. The van der Waals surface area contributed by atoms with E-state index in [1.807, 2.05) is 0 Å². The van der Waals surface area contributed by atoms with Gasteiger partial charge in [0.2, 0.25) is 0 Å². The molecule has 3 rings (SSSR count). The molecule has 1 N–H and O–H groups in total.